The Morgan fingerprint density at radius 3 is 2.77 bits per heavy atom. The molecule has 0 saturated carbocycles. The minimum absolute atomic E-state index is 0.0462. The molecule has 1 fully saturated rings. The zero-order valence-electron chi connectivity index (χ0n) is 24.7. The van der Waals surface area contributed by atoms with E-state index in [1.165, 1.54) is 28.4 Å². The fourth-order valence-electron chi connectivity index (χ4n) is 5.66. The summed E-state index contributed by atoms with van der Waals surface area (Å²) in [5.74, 6) is -5.84. The monoisotopic (exact) mass is 616 g/mol. The van der Waals surface area contributed by atoms with Gasteiger partial charge in [-0.25, -0.2) is 22.9 Å². The maximum absolute atomic E-state index is 15.3. The van der Waals surface area contributed by atoms with Gasteiger partial charge in [0.25, 0.3) is 5.92 Å². The van der Waals surface area contributed by atoms with Gasteiger partial charge in [-0.1, -0.05) is 12.1 Å². The van der Waals surface area contributed by atoms with Gasteiger partial charge in [0, 0.05) is 43.0 Å². The molecule has 2 aliphatic heterocycles. The highest BCUT2D eigenvalue weighted by Crippen LogP contribution is 2.40. The summed E-state index contributed by atoms with van der Waals surface area (Å²) >= 11 is 1.29. The van der Waals surface area contributed by atoms with E-state index in [0.29, 0.717) is 23.0 Å². The largest absolute Gasteiger partial charge is 0.463 e. The summed E-state index contributed by atoms with van der Waals surface area (Å²) in [6.07, 6.45) is 1.87. The number of hydrogen-bond acceptors (Lipinski definition) is 10. The number of rotatable bonds is 11. The molecule has 0 radical (unpaired) electrons. The van der Waals surface area contributed by atoms with Crippen LogP contribution in [0.4, 0.5) is 13.2 Å². The molecule has 0 aliphatic carbocycles. The van der Waals surface area contributed by atoms with Crippen LogP contribution in [0.1, 0.15) is 42.9 Å². The van der Waals surface area contributed by atoms with Gasteiger partial charge in [-0.2, -0.15) is 5.26 Å². The zero-order chi connectivity index (χ0) is 31.5. The predicted molar refractivity (Wildman–Crippen MR) is 156 cm³/mol. The number of aliphatic imine (C=N–C) groups is 1. The number of amidine groups is 1. The van der Waals surface area contributed by atoms with Gasteiger partial charge in [0.15, 0.2) is 10.8 Å². The van der Waals surface area contributed by atoms with Crippen molar-refractivity contribution < 1.29 is 27.5 Å². The van der Waals surface area contributed by atoms with Crippen molar-refractivity contribution in [3.63, 3.8) is 0 Å². The molecule has 2 aliphatic rings. The number of likely N-dealkylation sites (N-methyl/N-ethyl adjacent to an activating group) is 1. The number of halogens is 3. The lowest BCUT2D eigenvalue weighted by atomic mass is 9.92. The van der Waals surface area contributed by atoms with Gasteiger partial charge in [0.1, 0.15) is 18.1 Å². The summed E-state index contributed by atoms with van der Waals surface area (Å²) in [7, 11) is 1.72. The number of ether oxygens (including phenoxy) is 1. The highest BCUT2D eigenvalue weighted by Gasteiger charge is 2.55. The van der Waals surface area contributed by atoms with Gasteiger partial charge >= 0.3 is 5.97 Å². The van der Waals surface area contributed by atoms with Gasteiger partial charge in [0.05, 0.1) is 36.1 Å². The molecule has 0 spiro atoms. The average molecular weight is 617 g/mol. The Morgan fingerprint density at radius 2 is 2.14 bits per heavy atom. The summed E-state index contributed by atoms with van der Waals surface area (Å²) in [5.41, 5.74) is 0.276. The van der Waals surface area contributed by atoms with E-state index in [1.807, 2.05) is 0 Å². The Balaban J connectivity index is 1.81. The molecule has 1 aromatic carbocycles. The number of nitrogens with one attached hydrogen (secondary N) is 1. The third kappa shape index (κ3) is 6.98. The van der Waals surface area contributed by atoms with Crippen LogP contribution in [0.15, 0.2) is 46.0 Å². The number of likely N-dealkylation sites (tertiary alicyclic amines) is 1. The number of nitriles is 1. The van der Waals surface area contributed by atoms with Crippen molar-refractivity contribution in [1.82, 2.24) is 20.1 Å². The van der Waals surface area contributed by atoms with E-state index < -0.39 is 47.7 Å². The molecule has 2 aromatic rings. The number of carbonyl (C=O) groups excluding carboxylic acids is 2. The molecule has 43 heavy (non-hydrogen) atoms. The number of nitrogens with zero attached hydrogens (tertiary/aromatic N) is 5. The van der Waals surface area contributed by atoms with Crippen molar-refractivity contribution in [3.05, 3.63) is 63.0 Å². The second-order valence-electron chi connectivity index (χ2n) is 11.5. The number of benzene rings is 1. The SMILES string of the molecule is CCOC(=O)C1=C(CN2CC(F)(F)C(C=O)[C@@H]2CN(C)CC(C)(C)C#N)NC(c2nccs2)=N[C@H]1c1cccc(F)c1C. The van der Waals surface area contributed by atoms with Gasteiger partial charge in [0.2, 0.25) is 0 Å². The summed E-state index contributed by atoms with van der Waals surface area (Å²) in [6.45, 7) is 6.23. The van der Waals surface area contributed by atoms with Crippen molar-refractivity contribution in [3.8, 4) is 6.07 Å². The van der Waals surface area contributed by atoms with Gasteiger partial charge in [-0.05, 0) is 51.9 Å². The van der Waals surface area contributed by atoms with E-state index in [1.54, 1.807) is 57.3 Å². The Kier molecular flexibility index (Phi) is 9.73. The maximum atomic E-state index is 15.3. The van der Waals surface area contributed by atoms with Crippen LogP contribution in [0.2, 0.25) is 0 Å². The second kappa shape index (κ2) is 13.0. The molecule has 4 rings (SSSR count). The quantitative estimate of drug-likeness (QED) is 0.297. The molecule has 1 unspecified atom stereocenters. The van der Waals surface area contributed by atoms with E-state index in [-0.39, 0.29) is 42.8 Å². The Labute approximate surface area is 253 Å². The number of alkyl halides is 2. The third-order valence-corrected chi connectivity index (χ3v) is 8.40. The lowest BCUT2D eigenvalue weighted by molar-refractivity contribution is -0.139. The standard InChI is InChI=1S/C30H35F3N6O3S/c1-6-42-28(41)24-22(12-39-17-30(32,33)20(14-40)23(39)13-38(5)16-29(3,4)15-34)36-26(27-35-10-11-43-27)37-25(24)19-8-7-9-21(31)18(19)2/h7-11,14,20,23,25H,6,12-13,16-17H2,1-5H3,(H,36,37)/t20?,23-,25-/m0/s1. The minimum Gasteiger partial charge on any atom is -0.463 e. The summed E-state index contributed by atoms with van der Waals surface area (Å²) in [5, 5.41) is 14.9. The first-order valence-corrected chi connectivity index (χ1v) is 14.8. The lowest BCUT2D eigenvalue weighted by Gasteiger charge is -2.34. The number of hydrogen-bond donors (Lipinski definition) is 1. The molecule has 13 heteroatoms. The summed E-state index contributed by atoms with van der Waals surface area (Å²) < 4.78 is 50.7. The smallest absolute Gasteiger partial charge is 0.338 e. The van der Waals surface area contributed by atoms with E-state index in [2.05, 4.69) is 16.4 Å². The van der Waals surface area contributed by atoms with Crippen LogP contribution in [0.25, 0.3) is 0 Å². The molecular weight excluding hydrogens is 581 g/mol. The molecule has 9 nitrogen and oxygen atoms in total. The van der Waals surface area contributed by atoms with Crippen LogP contribution in [0, 0.1) is 35.4 Å². The van der Waals surface area contributed by atoms with Crippen molar-refractivity contribution in [2.45, 2.75) is 45.7 Å². The number of thiazole rings is 1. The fourth-order valence-corrected chi connectivity index (χ4v) is 6.24. The summed E-state index contributed by atoms with van der Waals surface area (Å²) in [4.78, 5) is 37.8. The number of aromatic nitrogens is 1. The van der Waals surface area contributed by atoms with Crippen LogP contribution in [-0.4, -0.2) is 84.7 Å². The van der Waals surface area contributed by atoms with Crippen LogP contribution in [0.5, 0.6) is 0 Å². The van der Waals surface area contributed by atoms with E-state index in [4.69, 9.17) is 9.73 Å². The lowest BCUT2D eigenvalue weighted by Crippen LogP contribution is -2.47. The normalized spacial score (nSPS) is 22.2. The first-order valence-electron chi connectivity index (χ1n) is 13.9. The molecule has 1 saturated heterocycles. The van der Waals surface area contributed by atoms with Crippen molar-refractivity contribution in [1.29, 1.82) is 5.26 Å². The van der Waals surface area contributed by atoms with E-state index in [0.717, 1.165) is 0 Å². The Hall–Kier alpha value is -3.60. The predicted octanol–water partition coefficient (Wildman–Crippen LogP) is 4.12. The molecule has 0 amide bonds. The summed E-state index contributed by atoms with van der Waals surface area (Å²) in [6, 6.07) is 4.76. The highest BCUT2D eigenvalue weighted by molar-refractivity contribution is 7.11. The number of esters is 1. The van der Waals surface area contributed by atoms with Crippen LogP contribution in [0.3, 0.4) is 0 Å². The molecule has 3 atom stereocenters. The number of aldehydes is 1. The minimum atomic E-state index is -3.33. The third-order valence-electron chi connectivity index (χ3n) is 7.62. The molecule has 1 aromatic heterocycles. The van der Waals surface area contributed by atoms with Crippen molar-refractivity contribution in [2.24, 2.45) is 16.3 Å². The molecule has 0 bridgehead atoms. The molecule has 230 valence electrons. The van der Waals surface area contributed by atoms with E-state index in [9.17, 15) is 19.2 Å². The van der Waals surface area contributed by atoms with Crippen molar-refractivity contribution >= 4 is 29.4 Å². The van der Waals surface area contributed by atoms with Crippen LogP contribution in [-0.2, 0) is 14.3 Å². The Morgan fingerprint density at radius 1 is 1.40 bits per heavy atom. The van der Waals surface area contributed by atoms with Gasteiger partial charge in [-0.3, -0.25) is 9.89 Å². The topological polar surface area (TPSA) is 111 Å². The first kappa shape index (κ1) is 32.3. The zero-order valence-corrected chi connectivity index (χ0v) is 25.6. The number of carbonyl (C=O) groups is 2. The maximum Gasteiger partial charge on any atom is 0.338 e. The van der Waals surface area contributed by atoms with E-state index >= 15 is 8.78 Å². The molecule has 1 N–H and O–H groups in total. The molecule has 3 heterocycles. The van der Waals surface area contributed by atoms with Gasteiger partial charge < -0.3 is 19.7 Å². The van der Waals surface area contributed by atoms with Crippen LogP contribution < -0.4 is 5.32 Å². The average Bonchev–Trinajstić information content (AvgIpc) is 3.55. The fraction of sp³-hybridized carbons (Fsp3) is 0.500. The van der Waals surface area contributed by atoms with Crippen LogP contribution >= 0.6 is 11.3 Å². The first-order chi connectivity index (χ1) is 20.3. The second-order valence-corrected chi connectivity index (χ2v) is 12.4. The highest BCUT2D eigenvalue weighted by atomic mass is 32.1. The molecular formula is C30H35F3N6O3S. The Bertz CT molecular complexity index is 1450. The van der Waals surface area contributed by atoms with Gasteiger partial charge in [-0.15, -0.1) is 11.3 Å². The van der Waals surface area contributed by atoms with Crippen molar-refractivity contribution in [2.75, 3.05) is 39.8 Å².